The van der Waals surface area contributed by atoms with Crippen LogP contribution < -0.4 is 0 Å². The maximum Gasteiger partial charge on any atom is 0.333 e. The molecule has 6 aromatic rings. The maximum absolute atomic E-state index is 15.5. The molecule has 8 heteroatoms. The summed E-state index contributed by atoms with van der Waals surface area (Å²) in [5, 5.41) is 13.7. The third-order valence-corrected chi connectivity index (χ3v) is 5.40. The molecule has 0 aliphatic heterocycles. The first kappa shape index (κ1) is 18.4. The van der Waals surface area contributed by atoms with E-state index in [-0.39, 0.29) is 11.2 Å². The first-order valence-electron chi connectivity index (χ1n) is 9.91. The molecule has 154 valence electrons. The molecule has 0 saturated heterocycles. The zero-order valence-corrected chi connectivity index (χ0v) is 16.5. The zero-order valence-electron chi connectivity index (χ0n) is 16.5. The van der Waals surface area contributed by atoms with E-state index in [0.717, 1.165) is 15.4 Å². The quantitative estimate of drug-likeness (QED) is 0.399. The Morgan fingerprint density at radius 2 is 1.56 bits per heavy atom. The smallest absolute Gasteiger partial charge is 0.256 e. The SMILES string of the molecule is FC(F)(c1ccc2ncccc2c1)c1nnc2ccc(-c3cnc4ccccc4c3)nn12. The Bertz CT molecular complexity index is 1630. The zero-order chi connectivity index (χ0) is 21.7. The van der Waals surface area contributed by atoms with E-state index in [1.165, 1.54) is 12.1 Å². The highest BCUT2D eigenvalue weighted by Crippen LogP contribution is 2.36. The minimum atomic E-state index is -3.41. The normalized spacial score (nSPS) is 12.1. The van der Waals surface area contributed by atoms with Crippen molar-refractivity contribution in [2.24, 2.45) is 0 Å². The highest BCUT2D eigenvalue weighted by molar-refractivity contribution is 5.83. The number of nitrogens with zero attached hydrogens (tertiary/aromatic N) is 6. The number of halogens is 2. The molecule has 0 amide bonds. The minimum absolute atomic E-state index is 0.202. The second-order valence-corrected chi connectivity index (χ2v) is 7.41. The van der Waals surface area contributed by atoms with Gasteiger partial charge >= 0.3 is 5.92 Å². The molecule has 6 rings (SSSR count). The van der Waals surface area contributed by atoms with Crippen LogP contribution in [0.3, 0.4) is 0 Å². The van der Waals surface area contributed by atoms with Gasteiger partial charge in [0.05, 0.1) is 16.7 Å². The molecule has 0 spiro atoms. The molecule has 0 aliphatic rings. The molecule has 32 heavy (non-hydrogen) atoms. The lowest BCUT2D eigenvalue weighted by atomic mass is 10.0. The molecular weight excluding hydrogens is 410 g/mol. The fourth-order valence-corrected chi connectivity index (χ4v) is 3.75. The second-order valence-electron chi connectivity index (χ2n) is 7.41. The Balaban J connectivity index is 1.48. The molecule has 0 N–H and O–H groups in total. The van der Waals surface area contributed by atoms with Gasteiger partial charge in [0, 0.05) is 34.3 Å². The van der Waals surface area contributed by atoms with Crippen LogP contribution in [-0.4, -0.2) is 29.8 Å². The van der Waals surface area contributed by atoms with Crippen molar-refractivity contribution in [1.82, 2.24) is 29.8 Å². The van der Waals surface area contributed by atoms with Gasteiger partial charge in [0.15, 0.2) is 5.65 Å². The average molecular weight is 424 g/mol. The molecule has 0 bridgehead atoms. The van der Waals surface area contributed by atoms with E-state index in [4.69, 9.17) is 0 Å². The fourth-order valence-electron chi connectivity index (χ4n) is 3.75. The van der Waals surface area contributed by atoms with Gasteiger partial charge in [-0.2, -0.15) is 18.4 Å². The van der Waals surface area contributed by atoms with Gasteiger partial charge in [-0.25, -0.2) is 0 Å². The average Bonchev–Trinajstić information content (AvgIpc) is 3.27. The molecular formula is C24H14F2N6. The lowest BCUT2D eigenvalue weighted by Gasteiger charge is -2.15. The number of para-hydroxylation sites is 1. The van der Waals surface area contributed by atoms with Crippen molar-refractivity contribution < 1.29 is 8.78 Å². The first-order valence-corrected chi connectivity index (χ1v) is 9.91. The summed E-state index contributed by atoms with van der Waals surface area (Å²) in [5.41, 5.74) is 2.73. The highest BCUT2D eigenvalue weighted by atomic mass is 19.3. The van der Waals surface area contributed by atoms with Crippen molar-refractivity contribution in [3.8, 4) is 11.3 Å². The van der Waals surface area contributed by atoms with E-state index in [9.17, 15) is 0 Å². The number of aromatic nitrogens is 6. The molecule has 0 fully saturated rings. The molecule has 6 nitrogen and oxygen atoms in total. The summed E-state index contributed by atoms with van der Waals surface area (Å²) < 4.78 is 32.1. The fraction of sp³-hybridized carbons (Fsp3) is 0.0417. The number of benzene rings is 2. The second kappa shape index (κ2) is 6.84. The topological polar surface area (TPSA) is 68.9 Å². The maximum atomic E-state index is 15.5. The van der Waals surface area contributed by atoms with Crippen LogP contribution in [0.1, 0.15) is 11.4 Å². The number of pyridine rings is 2. The van der Waals surface area contributed by atoms with Crippen LogP contribution >= 0.6 is 0 Å². The van der Waals surface area contributed by atoms with Crippen LogP contribution in [0, 0.1) is 0 Å². The lowest BCUT2D eigenvalue weighted by molar-refractivity contribution is 0.0307. The minimum Gasteiger partial charge on any atom is -0.256 e. The number of fused-ring (bicyclic) bond motifs is 3. The molecule has 0 atom stereocenters. The molecule has 4 heterocycles. The van der Waals surface area contributed by atoms with Crippen LogP contribution in [0.5, 0.6) is 0 Å². The monoisotopic (exact) mass is 424 g/mol. The Morgan fingerprint density at radius 1 is 0.750 bits per heavy atom. The van der Waals surface area contributed by atoms with Crippen molar-refractivity contribution >= 4 is 27.5 Å². The highest BCUT2D eigenvalue weighted by Gasteiger charge is 2.40. The van der Waals surface area contributed by atoms with Gasteiger partial charge in [-0.1, -0.05) is 30.3 Å². The van der Waals surface area contributed by atoms with Gasteiger partial charge in [-0.05, 0) is 42.5 Å². The van der Waals surface area contributed by atoms with Gasteiger partial charge in [-0.3, -0.25) is 9.97 Å². The van der Waals surface area contributed by atoms with E-state index >= 15 is 8.78 Å². The Hall–Kier alpha value is -4.33. The molecule has 0 radical (unpaired) electrons. The van der Waals surface area contributed by atoms with Gasteiger partial charge in [0.2, 0.25) is 5.82 Å². The Labute approximate surface area is 180 Å². The van der Waals surface area contributed by atoms with Crippen LogP contribution in [-0.2, 0) is 5.92 Å². The Kier molecular flexibility index (Phi) is 3.94. The predicted octanol–water partition coefficient (Wildman–Crippen LogP) is 5.03. The number of hydrogen-bond acceptors (Lipinski definition) is 5. The van der Waals surface area contributed by atoms with Crippen molar-refractivity contribution in [2.75, 3.05) is 0 Å². The first-order chi connectivity index (χ1) is 15.6. The van der Waals surface area contributed by atoms with Crippen molar-refractivity contribution in [3.05, 3.63) is 96.6 Å². The molecule has 0 aliphatic carbocycles. The van der Waals surface area contributed by atoms with Crippen LogP contribution in [0.2, 0.25) is 0 Å². The summed E-state index contributed by atoms with van der Waals surface area (Å²) in [6.45, 7) is 0. The predicted molar refractivity (Wildman–Crippen MR) is 116 cm³/mol. The summed E-state index contributed by atoms with van der Waals surface area (Å²) in [7, 11) is 0. The van der Waals surface area contributed by atoms with E-state index in [2.05, 4.69) is 25.3 Å². The third kappa shape index (κ3) is 2.88. The Morgan fingerprint density at radius 3 is 2.50 bits per heavy atom. The third-order valence-electron chi connectivity index (χ3n) is 5.40. The van der Waals surface area contributed by atoms with E-state index in [0.29, 0.717) is 22.2 Å². The van der Waals surface area contributed by atoms with Crippen molar-refractivity contribution in [3.63, 3.8) is 0 Å². The number of alkyl halides is 2. The summed E-state index contributed by atoms with van der Waals surface area (Å²) >= 11 is 0. The standard InChI is InChI=1S/C24H14F2N6/c25-24(26,18-7-8-20-16(13-18)5-3-11-27-20)23-30-29-22-10-9-21(31-32(22)23)17-12-15-4-1-2-6-19(15)28-14-17/h1-14H. The molecule has 4 aromatic heterocycles. The summed E-state index contributed by atoms with van der Waals surface area (Å²) in [6, 6.07) is 20.7. The molecule has 0 saturated carbocycles. The van der Waals surface area contributed by atoms with Crippen LogP contribution in [0.15, 0.2) is 85.2 Å². The molecule has 2 aromatic carbocycles. The van der Waals surface area contributed by atoms with Crippen molar-refractivity contribution in [1.29, 1.82) is 0 Å². The van der Waals surface area contributed by atoms with Crippen LogP contribution in [0.4, 0.5) is 8.78 Å². The van der Waals surface area contributed by atoms with Gasteiger partial charge < -0.3 is 0 Å². The summed E-state index contributed by atoms with van der Waals surface area (Å²) in [6.07, 6.45) is 3.30. The van der Waals surface area contributed by atoms with E-state index in [1.54, 1.807) is 42.7 Å². The van der Waals surface area contributed by atoms with E-state index < -0.39 is 11.7 Å². The number of rotatable bonds is 3. The van der Waals surface area contributed by atoms with Gasteiger partial charge in [0.1, 0.15) is 0 Å². The summed E-state index contributed by atoms with van der Waals surface area (Å²) in [5.74, 6) is -3.96. The largest absolute Gasteiger partial charge is 0.333 e. The van der Waals surface area contributed by atoms with Crippen molar-refractivity contribution in [2.45, 2.75) is 5.92 Å². The molecule has 0 unspecified atom stereocenters. The lowest BCUT2D eigenvalue weighted by Crippen LogP contribution is -2.20. The number of hydrogen-bond donors (Lipinski definition) is 0. The van der Waals surface area contributed by atoms with Crippen LogP contribution in [0.25, 0.3) is 38.7 Å². The van der Waals surface area contributed by atoms with Gasteiger partial charge in [0.25, 0.3) is 0 Å². The summed E-state index contributed by atoms with van der Waals surface area (Å²) in [4.78, 5) is 8.63. The van der Waals surface area contributed by atoms with Gasteiger partial charge in [-0.15, -0.1) is 10.2 Å². The van der Waals surface area contributed by atoms with E-state index in [1.807, 2.05) is 30.3 Å².